The van der Waals surface area contributed by atoms with E-state index in [9.17, 15) is 5.11 Å². The van der Waals surface area contributed by atoms with Gasteiger partial charge in [0.1, 0.15) is 5.75 Å². The predicted molar refractivity (Wildman–Crippen MR) is 87.9 cm³/mol. The summed E-state index contributed by atoms with van der Waals surface area (Å²) in [5, 5.41) is 20.9. The molecule has 8 heteroatoms. The van der Waals surface area contributed by atoms with Crippen molar-refractivity contribution < 1.29 is 5.11 Å². The third kappa shape index (κ3) is 3.36. The Morgan fingerprint density at radius 3 is 2.70 bits per heavy atom. The zero-order chi connectivity index (χ0) is 14.7. The fraction of sp³-hybridized carbons (Fsp3) is 0.250. The van der Waals surface area contributed by atoms with Crippen molar-refractivity contribution in [1.29, 1.82) is 0 Å². The highest BCUT2D eigenvalue weighted by Gasteiger charge is 2.06. The van der Waals surface area contributed by atoms with Crippen LogP contribution in [0.4, 0.5) is 0 Å². The van der Waals surface area contributed by atoms with Crippen LogP contribution in [-0.4, -0.2) is 26.2 Å². The second-order valence-corrected chi connectivity index (χ2v) is 6.18. The molecule has 0 unspecified atom stereocenters. The minimum Gasteiger partial charge on any atom is -0.506 e. The maximum Gasteiger partial charge on any atom is 0.216 e. The van der Waals surface area contributed by atoms with Gasteiger partial charge in [0, 0.05) is 6.42 Å². The van der Waals surface area contributed by atoms with E-state index in [1.165, 1.54) is 0 Å². The Morgan fingerprint density at radius 2 is 2.10 bits per heavy atom. The van der Waals surface area contributed by atoms with Gasteiger partial charge >= 0.3 is 0 Å². The molecule has 0 aliphatic rings. The fourth-order valence-electron chi connectivity index (χ4n) is 1.61. The molecule has 20 heavy (non-hydrogen) atoms. The lowest BCUT2D eigenvalue weighted by Gasteiger charge is -2.02. The van der Waals surface area contributed by atoms with E-state index in [-0.39, 0.29) is 5.75 Å². The molecule has 0 saturated heterocycles. The van der Waals surface area contributed by atoms with E-state index < -0.39 is 0 Å². The van der Waals surface area contributed by atoms with E-state index in [1.807, 2.05) is 0 Å². The summed E-state index contributed by atoms with van der Waals surface area (Å²) in [5.41, 5.74) is 0.826. The van der Waals surface area contributed by atoms with E-state index in [1.54, 1.807) is 23.0 Å². The van der Waals surface area contributed by atoms with Crippen LogP contribution in [0.5, 0.6) is 5.75 Å². The van der Waals surface area contributed by atoms with Crippen molar-refractivity contribution >= 4 is 50.3 Å². The molecular weight excluding hydrogens is 408 g/mol. The first-order valence-corrected chi connectivity index (χ1v) is 7.91. The lowest BCUT2D eigenvalue weighted by atomic mass is 10.2. The third-order valence-electron chi connectivity index (χ3n) is 2.55. The molecular formula is C12H12Br2N4OS. The molecule has 1 aromatic heterocycles. The second-order valence-electron chi connectivity index (χ2n) is 4.08. The number of phenolic OH excluding ortho intramolecular Hbond substituents is 1. The van der Waals surface area contributed by atoms with Crippen LogP contribution in [0.2, 0.25) is 0 Å². The number of halogens is 2. The number of hydrogen-bond acceptors (Lipinski definition) is 4. The molecule has 0 fully saturated rings. The van der Waals surface area contributed by atoms with Gasteiger partial charge in [-0.1, -0.05) is 6.92 Å². The molecule has 1 aromatic carbocycles. The quantitative estimate of drug-likeness (QED) is 0.581. The van der Waals surface area contributed by atoms with Crippen LogP contribution < -0.4 is 0 Å². The van der Waals surface area contributed by atoms with Gasteiger partial charge in [-0.3, -0.25) is 5.10 Å². The molecule has 106 valence electrons. The Kier molecular flexibility index (Phi) is 5.11. The summed E-state index contributed by atoms with van der Waals surface area (Å²) in [4.78, 5) is 0. The van der Waals surface area contributed by atoms with Crippen LogP contribution in [0.3, 0.4) is 0 Å². The largest absolute Gasteiger partial charge is 0.506 e. The maximum absolute atomic E-state index is 9.67. The molecule has 0 aliphatic carbocycles. The Balaban J connectivity index is 2.34. The van der Waals surface area contributed by atoms with Crippen molar-refractivity contribution in [2.75, 3.05) is 0 Å². The van der Waals surface area contributed by atoms with Crippen LogP contribution in [0.25, 0.3) is 0 Å². The van der Waals surface area contributed by atoms with Gasteiger partial charge in [-0.05, 0) is 68.2 Å². The summed E-state index contributed by atoms with van der Waals surface area (Å²) in [7, 11) is 0. The molecule has 1 heterocycles. The van der Waals surface area contributed by atoms with E-state index in [2.05, 4.69) is 54.1 Å². The number of H-pyrrole nitrogens is 1. The predicted octanol–water partition coefficient (Wildman–Crippen LogP) is 4.01. The Bertz CT molecular complexity index is 685. The van der Waals surface area contributed by atoms with Gasteiger partial charge < -0.3 is 5.11 Å². The molecule has 0 amide bonds. The monoisotopic (exact) mass is 418 g/mol. The minimum atomic E-state index is 0.161. The topological polar surface area (TPSA) is 66.2 Å². The number of nitrogens with one attached hydrogen (secondary N) is 1. The molecule has 0 bridgehead atoms. The van der Waals surface area contributed by atoms with Gasteiger partial charge in [0.15, 0.2) is 5.82 Å². The number of phenols is 1. The number of aromatic hydroxyl groups is 1. The van der Waals surface area contributed by atoms with Crippen LogP contribution in [0, 0.1) is 4.77 Å². The smallest absolute Gasteiger partial charge is 0.216 e. The normalized spacial score (nSPS) is 11.3. The molecule has 0 saturated carbocycles. The summed E-state index contributed by atoms with van der Waals surface area (Å²) in [5.74, 6) is 0.958. The molecule has 0 atom stereocenters. The highest BCUT2D eigenvalue weighted by Crippen LogP contribution is 2.32. The van der Waals surface area contributed by atoms with E-state index in [0.29, 0.717) is 13.7 Å². The molecule has 2 rings (SSSR count). The van der Waals surface area contributed by atoms with Crippen molar-refractivity contribution in [2.24, 2.45) is 5.10 Å². The number of benzene rings is 1. The lowest BCUT2D eigenvalue weighted by molar-refractivity contribution is 0.468. The van der Waals surface area contributed by atoms with E-state index in [0.717, 1.165) is 24.2 Å². The SMILES string of the molecule is CCCc1n[nH]c(=S)n1/N=C\c1cc(Br)c(O)c(Br)c1. The average Bonchev–Trinajstić information content (AvgIpc) is 2.75. The van der Waals surface area contributed by atoms with Gasteiger partial charge in [0.25, 0.3) is 0 Å². The first-order valence-electron chi connectivity index (χ1n) is 5.91. The van der Waals surface area contributed by atoms with E-state index in [4.69, 9.17) is 12.2 Å². The second kappa shape index (κ2) is 6.64. The van der Waals surface area contributed by atoms with Crippen molar-refractivity contribution in [3.63, 3.8) is 0 Å². The molecule has 2 N–H and O–H groups in total. The number of aromatic amines is 1. The zero-order valence-electron chi connectivity index (χ0n) is 10.6. The first-order chi connectivity index (χ1) is 9.52. The summed E-state index contributed by atoms with van der Waals surface area (Å²) in [6, 6.07) is 3.54. The highest BCUT2D eigenvalue weighted by molar-refractivity contribution is 9.11. The van der Waals surface area contributed by atoms with Gasteiger partial charge in [-0.25, -0.2) is 0 Å². The Morgan fingerprint density at radius 1 is 1.45 bits per heavy atom. The van der Waals surface area contributed by atoms with E-state index >= 15 is 0 Å². The van der Waals surface area contributed by atoms with Crippen LogP contribution in [0.1, 0.15) is 24.7 Å². The summed E-state index contributed by atoms with van der Waals surface area (Å²) in [6.07, 6.45) is 3.43. The molecule has 0 aliphatic heterocycles. The van der Waals surface area contributed by atoms with Crippen LogP contribution in [-0.2, 0) is 6.42 Å². The van der Waals surface area contributed by atoms with Crippen molar-refractivity contribution in [2.45, 2.75) is 19.8 Å². The van der Waals surface area contributed by atoms with Gasteiger partial charge in [-0.15, -0.1) is 0 Å². The molecule has 2 aromatic rings. The lowest BCUT2D eigenvalue weighted by Crippen LogP contribution is -1.98. The van der Waals surface area contributed by atoms with Crippen LogP contribution >= 0.6 is 44.1 Å². The Labute approximate surface area is 138 Å². The van der Waals surface area contributed by atoms with Crippen molar-refractivity contribution in [3.8, 4) is 5.75 Å². The Hall–Kier alpha value is -0.990. The van der Waals surface area contributed by atoms with Gasteiger partial charge in [0.2, 0.25) is 4.77 Å². The maximum atomic E-state index is 9.67. The molecule has 0 spiro atoms. The number of hydrogen-bond donors (Lipinski definition) is 2. The molecule has 0 radical (unpaired) electrons. The number of nitrogens with zero attached hydrogens (tertiary/aromatic N) is 3. The van der Waals surface area contributed by atoms with Crippen LogP contribution in [0.15, 0.2) is 26.2 Å². The third-order valence-corrected chi connectivity index (χ3v) is 4.03. The van der Waals surface area contributed by atoms with Gasteiger partial charge in [-0.2, -0.15) is 14.9 Å². The zero-order valence-corrected chi connectivity index (χ0v) is 14.6. The highest BCUT2D eigenvalue weighted by atomic mass is 79.9. The minimum absolute atomic E-state index is 0.161. The number of rotatable bonds is 4. The summed E-state index contributed by atoms with van der Waals surface area (Å²) < 4.78 is 3.26. The summed E-state index contributed by atoms with van der Waals surface area (Å²) in [6.45, 7) is 2.07. The standard InChI is InChI=1S/C12H12Br2N4OS/c1-2-3-10-16-17-12(20)18(10)15-6-7-4-8(13)11(19)9(14)5-7/h4-6,19H,2-3H2,1H3,(H,17,20)/b15-6-. The average molecular weight is 420 g/mol. The summed E-state index contributed by atoms with van der Waals surface area (Å²) >= 11 is 11.7. The first kappa shape index (κ1) is 15.4. The van der Waals surface area contributed by atoms with Crippen molar-refractivity contribution in [3.05, 3.63) is 37.2 Å². The fourth-order valence-corrected chi connectivity index (χ4v) is 3.03. The number of aromatic nitrogens is 3. The van der Waals surface area contributed by atoms with Crippen molar-refractivity contribution in [1.82, 2.24) is 14.9 Å². The van der Waals surface area contributed by atoms with Gasteiger partial charge in [0.05, 0.1) is 15.2 Å². The number of aryl methyl sites for hydroxylation is 1. The molecule has 5 nitrogen and oxygen atoms in total.